The standard InChI is InChI=1S/C11H16N4O5/c1-2-4-13(8-11(17)18)10(16)3-5-14-7-9(6-12-14)15(19)20/h6-7H,2-5,8H2,1H3,(H,17,18). The molecular formula is C11H16N4O5. The Kier molecular flexibility index (Phi) is 5.63. The van der Waals surface area contributed by atoms with Crippen LogP contribution in [0.25, 0.3) is 0 Å². The average Bonchev–Trinajstić information content (AvgIpc) is 2.84. The number of hydrogen-bond acceptors (Lipinski definition) is 5. The second-order valence-electron chi connectivity index (χ2n) is 4.18. The number of amides is 1. The number of aliphatic carboxylic acids is 1. The molecule has 20 heavy (non-hydrogen) atoms. The zero-order valence-corrected chi connectivity index (χ0v) is 11.1. The molecule has 0 radical (unpaired) electrons. The fraction of sp³-hybridized carbons (Fsp3) is 0.545. The third-order valence-electron chi connectivity index (χ3n) is 2.56. The highest BCUT2D eigenvalue weighted by atomic mass is 16.6. The topological polar surface area (TPSA) is 119 Å². The second kappa shape index (κ2) is 7.22. The van der Waals surface area contributed by atoms with Crippen LogP contribution in [-0.2, 0) is 16.1 Å². The van der Waals surface area contributed by atoms with Gasteiger partial charge in [-0.1, -0.05) is 6.92 Å². The Morgan fingerprint density at radius 1 is 1.55 bits per heavy atom. The average molecular weight is 284 g/mol. The van der Waals surface area contributed by atoms with Gasteiger partial charge in [-0.15, -0.1) is 0 Å². The normalized spacial score (nSPS) is 10.2. The monoisotopic (exact) mass is 284 g/mol. The van der Waals surface area contributed by atoms with Crippen molar-refractivity contribution in [2.24, 2.45) is 0 Å². The Morgan fingerprint density at radius 3 is 2.75 bits per heavy atom. The van der Waals surface area contributed by atoms with E-state index in [0.29, 0.717) is 13.0 Å². The van der Waals surface area contributed by atoms with Gasteiger partial charge in [0.25, 0.3) is 0 Å². The van der Waals surface area contributed by atoms with Crippen molar-refractivity contribution in [3.63, 3.8) is 0 Å². The third-order valence-corrected chi connectivity index (χ3v) is 2.56. The highest BCUT2D eigenvalue weighted by Gasteiger charge is 2.16. The van der Waals surface area contributed by atoms with E-state index in [-0.39, 0.29) is 31.1 Å². The number of carbonyl (C=O) groups is 2. The first-order valence-corrected chi connectivity index (χ1v) is 6.10. The summed E-state index contributed by atoms with van der Waals surface area (Å²) < 4.78 is 1.29. The summed E-state index contributed by atoms with van der Waals surface area (Å²) in [6.45, 7) is 2.04. The lowest BCUT2D eigenvalue weighted by atomic mass is 10.3. The zero-order chi connectivity index (χ0) is 15.1. The zero-order valence-electron chi connectivity index (χ0n) is 11.1. The molecule has 1 rings (SSSR count). The van der Waals surface area contributed by atoms with E-state index < -0.39 is 10.9 Å². The maximum absolute atomic E-state index is 11.9. The lowest BCUT2D eigenvalue weighted by Gasteiger charge is -2.19. The molecule has 0 spiro atoms. The summed E-state index contributed by atoms with van der Waals surface area (Å²) in [6, 6.07) is 0. The second-order valence-corrected chi connectivity index (χ2v) is 4.18. The summed E-state index contributed by atoms with van der Waals surface area (Å²) in [4.78, 5) is 33.7. The summed E-state index contributed by atoms with van der Waals surface area (Å²) in [5, 5.41) is 23.0. The van der Waals surface area contributed by atoms with Crippen molar-refractivity contribution >= 4 is 17.6 Å². The largest absolute Gasteiger partial charge is 0.480 e. The Balaban J connectivity index is 2.54. The summed E-state index contributed by atoms with van der Waals surface area (Å²) in [7, 11) is 0. The Morgan fingerprint density at radius 2 is 2.25 bits per heavy atom. The Bertz CT molecular complexity index is 499. The molecule has 1 aromatic heterocycles. The van der Waals surface area contributed by atoms with E-state index in [1.165, 1.54) is 15.8 Å². The van der Waals surface area contributed by atoms with Crippen LogP contribution in [0.4, 0.5) is 5.69 Å². The summed E-state index contributed by atoms with van der Waals surface area (Å²) >= 11 is 0. The number of rotatable bonds is 8. The van der Waals surface area contributed by atoms with E-state index in [2.05, 4.69) is 5.10 Å². The number of carboxylic acid groups (broad SMARTS) is 1. The van der Waals surface area contributed by atoms with Crippen LogP contribution in [0.15, 0.2) is 12.4 Å². The van der Waals surface area contributed by atoms with Crippen LogP contribution >= 0.6 is 0 Å². The fourth-order valence-electron chi connectivity index (χ4n) is 1.66. The number of hydrogen-bond donors (Lipinski definition) is 1. The maximum Gasteiger partial charge on any atom is 0.323 e. The molecule has 0 unspecified atom stereocenters. The first kappa shape index (κ1) is 15.6. The molecule has 110 valence electrons. The molecule has 9 nitrogen and oxygen atoms in total. The van der Waals surface area contributed by atoms with E-state index in [4.69, 9.17) is 5.11 Å². The number of nitrogens with zero attached hydrogens (tertiary/aromatic N) is 4. The van der Waals surface area contributed by atoms with Crippen molar-refractivity contribution in [3.8, 4) is 0 Å². The molecule has 9 heteroatoms. The van der Waals surface area contributed by atoms with Crippen LogP contribution in [-0.4, -0.2) is 49.7 Å². The molecule has 0 aliphatic carbocycles. The van der Waals surface area contributed by atoms with Crippen molar-refractivity contribution in [2.75, 3.05) is 13.1 Å². The van der Waals surface area contributed by atoms with Gasteiger partial charge in [0, 0.05) is 19.5 Å². The van der Waals surface area contributed by atoms with Gasteiger partial charge in [0.05, 0.1) is 4.92 Å². The van der Waals surface area contributed by atoms with E-state index in [1.807, 2.05) is 6.92 Å². The lowest BCUT2D eigenvalue weighted by Crippen LogP contribution is -2.36. The number of carboxylic acids is 1. The molecule has 0 aromatic carbocycles. The quantitative estimate of drug-likeness (QED) is 0.548. The van der Waals surface area contributed by atoms with E-state index in [1.54, 1.807) is 0 Å². The predicted octanol–water partition coefficient (Wildman–Crippen LogP) is 0.505. The van der Waals surface area contributed by atoms with Gasteiger partial charge in [-0.2, -0.15) is 5.10 Å². The van der Waals surface area contributed by atoms with Gasteiger partial charge in [0.15, 0.2) is 0 Å². The van der Waals surface area contributed by atoms with Crippen molar-refractivity contribution < 1.29 is 19.6 Å². The van der Waals surface area contributed by atoms with Gasteiger partial charge in [-0.25, -0.2) is 0 Å². The minimum Gasteiger partial charge on any atom is -0.480 e. The van der Waals surface area contributed by atoms with Crippen molar-refractivity contribution in [3.05, 3.63) is 22.5 Å². The molecule has 0 aliphatic heterocycles. The SMILES string of the molecule is CCCN(CC(=O)O)C(=O)CCn1cc([N+](=O)[O-])cn1. The molecule has 1 aromatic rings. The molecular weight excluding hydrogens is 268 g/mol. The highest BCUT2D eigenvalue weighted by molar-refractivity contribution is 5.81. The number of aryl methyl sites for hydroxylation is 1. The van der Waals surface area contributed by atoms with Gasteiger partial charge in [0.2, 0.25) is 5.91 Å². The van der Waals surface area contributed by atoms with Crippen LogP contribution in [0.5, 0.6) is 0 Å². The summed E-state index contributed by atoms with van der Waals surface area (Å²) in [5.74, 6) is -1.38. The maximum atomic E-state index is 11.9. The number of carbonyl (C=O) groups excluding carboxylic acids is 1. The summed E-state index contributed by atoms with van der Waals surface area (Å²) in [5.41, 5.74) is -0.145. The fourth-order valence-corrected chi connectivity index (χ4v) is 1.66. The van der Waals surface area contributed by atoms with Crippen LogP contribution in [0, 0.1) is 10.1 Å². The van der Waals surface area contributed by atoms with E-state index >= 15 is 0 Å². The van der Waals surface area contributed by atoms with Crippen LogP contribution in [0.2, 0.25) is 0 Å². The molecule has 0 saturated carbocycles. The molecule has 1 N–H and O–H groups in total. The molecule has 1 amide bonds. The Hall–Kier alpha value is -2.45. The minimum absolute atomic E-state index is 0.0477. The van der Waals surface area contributed by atoms with E-state index in [9.17, 15) is 19.7 Å². The lowest BCUT2D eigenvalue weighted by molar-refractivity contribution is -0.385. The third kappa shape index (κ3) is 4.67. The van der Waals surface area contributed by atoms with Gasteiger partial charge >= 0.3 is 11.7 Å². The first-order valence-electron chi connectivity index (χ1n) is 6.10. The van der Waals surface area contributed by atoms with Crippen molar-refractivity contribution in [2.45, 2.75) is 26.3 Å². The van der Waals surface area contributed by atoms with Crippen LogP contribution in [0.1, 0.15) is 19.8 Å². The molecule has 0 bridgehead atoms. The Labute approximate surface area is 114 Å². The first-order chi connectivity index (χ1) is 9.43. The van der Waals surface area contributed by atoms with Crippen LogP contribution in [0.3, 0.4) is 0 Å². The predicted molar refractivity (Wildman–Crippen MR) is 68.0 cm³/mol. The number of nitro groups is 1. The van der Waals surface area contributed by atoms with Gasteiger partial charge in [-0.05, 0) is 6.42 Å². The smallest absolute Gasteiger partial charge is 0.323 e. The molecule has 0 atom stereocenters. The van der Waals surface area contributed by atoms with Gasteiger partial charge < -0.3 is 10.0 Å². The highest BCUT2D eigenvalue weighted by Crippen LogP contribution is 2.08. The van der Waals surface area contributed by atoms with Gasteiger partial charge in [0.1, 0.15) is 18.9 Å². The van der Waals surface area contributed by atoms with Crippen molar-refractivity contribution in [1.82, 2.24) is 14.7 Å². The molecule has 0 aliphatic rings. The van der Waals surface area contributed by atoms with E-state index in [0.717, 1.165) is 6.20 Å². The number of aromatic nitrogens is 2. The van der Waals surface area contributed by atoms with Gasteiger partial charge in [-0.3, -0.25) is 24.4 Å². The minimum atomic E-state index is -1.07. The summed E-state index contributed by atoms with van der Waals surface area (Å²) in [6.07, 6.45) is 3.04. The van der Waals surface area contributed by atoms with Crippen molar-refractivity contribution in [1.29, 1.82) is 0 Å². The molecule has 1 heterocycles. The molecule has 0 saturated heterocycles. The van der Waals surface area contributed by atoms with Crippen LogP contribution < -0.4 is 0 Å². The molecule has 0 fully saturated rings.